The van der Waals surface area contributed by atoms with Gasteiger partial charge >= 0.3 is 0 Å². The minimum Gasteiger partial charge on any atom is -0.309 e. The Morgan fingerprint density at radius 3 is 2.61 bits per heavy atom. The fraction of sp³-hybridized carbons (Fsp3) is 0.571. The van der Waals surface area contributed by atoms with E-state index in [1.54, 1.807) is 10.6 Å². The summed E-state index contributed by atoms with van der Waals surface area (Å²) in [7, 11) is 2.06. The van der Waals surface area contributed by atoms with Gasteiger partial charge in [-0.25, -0.2) is 0 Å². The minimum absolute atomic E-state index is 0.0916. The zero-order valence-electron chi connectivity index (χ0n) is 11.5. The van der Waals surface area contributed by atoms with Crippen LogP contribution in [0.5, 0.6) is 0 Å². The highest BCUT2D eigenvalue weighted by Crippen LogP contribution is 2.20. The quantitative estimate of drug-likeness (QED) is 0.747. The number of carbonyl (C=O) groups excluding carboxylic acids is 1. The molecule has 1 aliphatic rings. The highest BCUT2D eigenvalue weighted by atomic mass is 16.1. The molecule has 2 heterocycles. The Labute approximate surface area is 107 Å². The number of pyridine rings is 1. The monoisotopic (exact) mass is 248 g/mol. The highest BCUT2D eigenvalue weighted by molar-refractivity contribution is 5.93. The molecule has 4 heteroatoms. The van der Waals surface area contributed by atoms with Crippen molar-refractivity contribution in [3.8, 4) is 0 Å². The van der Waals surface area contributed by atoms with Crippen molar-refractivity contribution in [2.45, 2.75) is 39.8 Å². The maximum atomic E-state index is 12.3. The van der Waals surface area contributed by atoms with Crippen LogP contribution < -0.4 is 5.56 Å². The first kappa shape index (κ1) is 13.0. The average Bonchev–Trinajstić information content (AvgIpc) is 2.27. The molecule has 2 rings (SSSR count). The number of Topliss-reactive ketones (excluding diaryl/α,β-unsaturated/α-hetero) is 1. The lowest BCUT2D eigenvalue weighted by molar-refractivity contribution is 0.101. The van der Waals surface area contributed by atoms with Gasteiger partial charge in [0, 0.05) is 31.2 Å². The molecule has 0 atom stereocenters. The van der Waals surface area contributed by atoms with Crippen molar-refractivity contribution >= 4 is 5.78 Å². The number of aromatic nitrogens is 1. The molecular weight excluding hydrogens is 228 g/mol. The van der Waals surface area contributed by atoms with Crippen molar-refractivity contribution in [1.29, 1.82) is 0 Å². The van der Waals surface area contributed by atoms with Gasteiger partial charge in [0.15, 0.2) is 5.78 Å². The SMILES string of the molecule is CC(=O)c1cc2c(n(C(C)C)c1=O)CCN(C)C2. The highest BCUT2D eigenvalue weighted by Gasteiger charge is 2.22. The molecule has 0 unspecified atom stereocenters. The molecule has 0 spiro atoms. The zero-order valence-corrected chi connectivity index (χ0v) is 11.5. The molecule has 0 bridgehead atoms. The van der Waals surface area contributed by atoms with Crippen LogP contribution in [0.4, 0.5) is 0 Å². The Balaban J connectivity index is 2.71. The summed E-state index contributed by atoms with van der Waals surface area (Å²) in [5.41, 5.74) is 2.39. The summed E-state index contributed by atoms with van der Waals surface area (Å²) in [6.07, 6.45) is 0.872. The lowest BCUT2D eigenvalue weighted by Crippen LogP contribution is -2.36. The molecule has 0 amide bonds. The van der Waals surface area contributed by atoms with Crippen LogP contribution in [-0.2, 0) is 13.0 Å². The van der Waals surface area contributed by atoms with Gasteiger partial charge in [0.05, 0.1) is 5.56 Å². The van der Waals surface area contributed by atoms with E-state index in [0.717, 1.165) is 30.8 Å². The van der Waals surface area contributed by atoms with Crippen molar-refractivity contribution < 1.29 is 4.79 Å². The summed E-state index contributed by atoms with van der Waals surface area (Å²) in [6, 6.07) is 1.88. The largest absolute Gasteiger partial charge is 0.309 e. The number of hydrogen-bond acceptors (Lipinski definition) is 3. The summed E-state index contributed by atoms with van der Waals surface area (Å²) in [4.78, 5) is 26.1. The fourth-order valence-electron chi connectivity index (χ4n) is 2.61. The number of hydrogen-bond donors (Lipinski definition) is 0. The topological polar surface area (TPSA) is 42.3 Å². The van der Waals surface area contributed by atoms with Gasteiger partial charge in [0.2, 0.25) is 0 Å². The molecule has 0 aromatic carbocycles. The second kappa shape index (κ2) is 4.69. The molecule has 0 fully saturated rings. The van der Waals surface area contributed by atoms with E-state index in [1.807, 2.05) is 13.8 Å². The first-order valence-electron chi connectivity index (χ1n) is 6.38. The Bertz CT molecular complexity index is 543. The Hall–Kier alpha value is -1.42. The number of likely N-dealkylation sites (N-methyl/N-ethyl adjacent to an activating group) is 1. The smallest absolute Gasteiger partial charge is 0.261 e. The Morgan fingerprint density at radius 2 is 2.06 bits per heavy atom. The summed E-state index contributed by atoms with van der Waals surface area (Å²) < 4.78 is 1.79. The van der Waals surface area contributed by atoms with Crippen molar-refractivity contribution in [1.82, 2.24) is 9.47 Å². The third-order valence-electron chi connectivity index (χ3n) is 3.50. The van der Waals surface area contributed by atoms with E-state index in [2.05, 4.69) is 11.9 Å². The van der Waals surface area contributed by atoms with Crippen LogP contribution in [0.1, 0.15) is 48.4 Å². The Kier molecular flexibility index (Phi) is 3.39. The molecule has 0 aliphatic carbocycles. The molecular formula is C14H20N2O2. The minimum atomic E-state index is -0.148. The maximum absolute atomic E-state index is 12.3. The molecule has 1 aromatic rings. The molecule has 0 radical (unpaired) electrons. The van der Waals surface area contributed by atoms with Gasteiger partial charge in [-0.1, -0.05) is 0 Å². The van der Waals surface area contributed by atoms with Gasteiger partial charge in [0.25, 0.3) is 5.56 Å². The van der Waals surface area contributed by atoms with E-state index in [-0.39, 0.29) is 17.4 Å². The van der Waals surface area contributed by atoms with Crippen LogP contribution in [-0.4, -0.2) is 28.8 Å². The molecule has 0 N–H and O–H groups in total. The van der Waals surface area contributed by atoms with Gasteiger partial charge in [0.1, 0.15) is 0 Å². The summed E-state index contributed by atoms with van der Waals surface area (Å²) >= 11 is 0. The van der Waals surface area contributed by atoms with E-state index in [0.29, 0.717) is 5.56 Å². The molecule has 0 saturated heterocycles. The van der Waals surface area contributed by atoms with Crippen molar-refractivity contribution in [2.75, 3.05) is 13.6 Å². The van der Waals surface area contributed by atoms with Crippen molar-refractivity contribution in [3.63, 3.8) is 0 Å². The second-order valence-corrected chi connectivity index (χ2v) is 5.34. The van der Waals surface area contributed by atoms with Gasteiger partial charge in [-0.15, -0.1) is 0 Å². The number of rotatable bonds is 2. The normalized spacial score (nSPS) is 15.8. The first-order valence-corrected chi connectivity index (χ1v) is 6.38. The average molecular weight is 248 g/mol. The summed E-state index contributed by atoms with van der Waals surface area (Å²) in [5, 5.41) is 0. The maximum Gasteiger partial charge on any atom is 0.261 e. The number of nitrogens with zero attached hydrogens (tertiary/aromatic N) is 2. The van der Waals surface area contributed by atoms with Crippen LogP contribution in [0.3, 0.4) is 0 Å². The predicted octanol–water partition coefficient (Wildman–Crippen LogP) is 1.62. The van der Waals surface area contributed by atoms with Crippen LogP contribution in [0.2, 0.25) is 0 Å². The lowest BCUT2D eigenvalue weighted by Gasteiger charge is -2.29. The third kappa shape index (κ3) is 2.12. The van der Waals surface area contributed by atoms with Crippen molar-refractivity contribution in [3.05, 3.63) is 33.2 Å². The van der Waals surface area contributed by atoms with Crippen LogP contribution in [0.15, 0.2) is 10.9 Å². The van der Waals surface area contributed by atoms with Gasteiger partial charge in [-0.2, -0.15) is 0 Å². The van der Waals surface area contributed by atoms with Gasteiger partial charge < -0.3 is 9.47 Å². The molecule has 0 saturated carbocycles. The summed E-state index contributed by atoms with van der Waals surface area (Å²) in [6.45, 7) is 7.20. The number of ketones is 1. The van der Waals surface area contributed by atoms with Crippen molar-refractivity contribution in [2.24, 2.45) is 0 Å². The molecule has 98 valence electrons. The Morgan fingerprint density at radius 1 is 1.39 bits per heavy atom. The van der Waals surface area contributed by atoms with Gasteiger partial charge in [-0.05, 0) is 39.4 Å². The van der Waals surface area contributed by atoms with Crippen LogP contribution >= 0.6 is 0 Å². The van der Waals surface area contributed by atoms with E-state index in [1.165, 1.54) is 6.92 Å². The van der Waals surface area contributed by atoms with E-state index < -0.39 is 0 Å². The first-order chi connectivity index (χ1) is 8.41. The third-order valence-corrected chi connectivity index (χ3v) is 3.50. The van der Waals surface area contributed by atoms with Crippen LogP contribution in [0.25, 0.3) is 0 Å². The molecule has 1 aromatic heterocycles. The second-order valence-electron chi connectivity index (χ2n) is 5.34. The van der Waals surface area contributed by atoms with E-state index >= 15 is 0 Å². The zero-order chi connectivity index (χ0) is 13.4. The van der Waals surface area contributed by atoms with Gasteiger partial charge in [-0.3, -0.25) is 9.59 Å². The van der Waals surface area contributed by atoms with E-state index in [9.17, 15) is 9.59 Å². The van der Waals surface area contributed by atoms with E-state index in [4.69, 9.17) is 0 Å². The lowest BCUT2D eigenvalue weighted by atomic mass is 10.0. The predicted molar refractivity (Wildman–Crippen MR) is 71.1 cm³/mol. The summed E-state index contributed by atoms with van der Waals surface area (Å²) in [5.74, 6) is -0.148. The number of fused-ring (bicyclic) bond motifs is 1. The molecule has 1 aliphatic heterocycles. The molecule has 18 heavy (non-hydrogen) atoms. The molecule has 4 nitrogen and oxygen atoms in total. The standard InChI is InChI=1S/C14H20N2O2/c1-9(2)16-13-5-6-15(4)8-11(13)7-12(10(3)17)14(16)18/h7,9H,5-6,8H2,1-4H3. The number of carbonyl (C=O) groups is 1. The van der Waals surface area contributed by atoms with Crippen LogP contribution in [0, 0.1) is 0 Å². The fourth-order valence-corrected chi connectivity index (χ4v) is 2.61.